The summed E-state index contributed by atoms with van der Waals surface area (Å²) in [6, 6.07) is -0.568. The molecule has 0 heterocycles. The molecular weight excluding hydrogens is 246 g/mol. The van der Waals surface area contributed by atoms with Gasteiger partial charge in [0.1, 0.15) is 0 Å². The molecule has 0 saturated carbocycles. The highest BCUT2D eigenvalue weighted by Gasteiger charge is 2.17. The average Bonchev–Trinajstić information content (AvgIpc) is 2.38. The third-order valence-electron chi connectivity index (χ3n) is 2.79. The SMILES string of the molecule is COCCCCCNC(=O)CNC(=O)[C@@H](N)C(C)C. The van der Waals surface area contributed by atoms with E-state index in [1.54, 1.807) is 7.11 Å². The molecule has 4 N–H and O–H groups in total. The van der Waals surface area contributed by atoms with Gasteiger partial charge in [-0.1, -0.05) is 13.8 Å². The Hall–Kier alpha value is -1.14. The smallest absolute Gasteiger partial charge is 0.239 e. The number of hydrogen-bond acceptors (Lipinski definition) is 4. The number of methoxy groups -OCH3 is 1. The van der Waals surface area contributed by atoms with E-state index in [-0.39, 0.29) is 24.3 Å². The number of nitrogens with two attached hydrogens (primary N) is 1. The predicted octanol–water partition coefficient (Wildman–Crippen LogP) is 0.0188. The number of unbranched alkanes of at least 4 members (excludes halogenated alkanes) is 2. The van der Waals surface area contributed by atoms with Crippen LogP contribution < -0.4 is 16.4 Å². The molecule has 0 rings (SSSR count). The number of ether oxygens (including phenoxy) is 1. The van der Waals surface area contributed by atoms with Crippen molar-refractivity contribution in [2.24, 2.45) is 11.7 Å². The molecule has 0 saturated heterocycles. The molecule has 0 unspecified atom stereocenters. The summed E-state index contributed by atoms with van der Waals surface area (Å²) in [7, 11) is 1.67. The van der Waals surface area contributed by atoms with E-state index in [9.17, 15) is 9.59 Å². The standard InChI is InChI=1S/C13H27N3O3/c1-10(2)12(14)13(18)16-9-11(17)15-7-5-4-6-8-19-3/h10,12H,4-9,14H2,1-3H3,(H,15,17)(H,16,18)/t12-/m0/s1. The van der Waals surface area contributed by atoms with Gasteiger partial charge in [0.25, 0.3) is 0 Å². The summed E-state index contributed by atoms with van der Waals surface area (Å²) in [4.78, 5) is 22.9. The summed E-state index contributed by atoms with van der Waals surface area (Å²) in [5.74, 6) is -0.412. The van der Waals surface area contributed by atoms with Gasteiger partial charge in [0.05, 0.1) is 12.6 Å². The largest absolute Gasteiger partial charge is 0.385 e. The second-order valence-electron chi connectivity index (χ2n) is 4.89. The first-order chi connectivity index (χ1) is 8.99. The van der Waals surface area contributed by atoms with E-state index in [2.05, 4.69) is 10.6 Å². The fourth-order valence-electron chi connectivity index (χ4n) is 1.43. The van der Waals surface area contributed by atoms with Crippen LogP contribution in [0.1, 0.15) is 33.1 Å². The molecular formula is C13H27N3O3. The molecule has 0 aliphatic carbocycles. The highest BCUT2D eigenvalue weighted by molar-refractivity contribution is 5.87. The topological polar surface area (TPSA) is 93.5 Å². The first-order valence-electron chi connectivity index (χ1n) is 6.78. The van der Waals surface area contributed by atoms with Crippen molar-refractivity contribution in [2.45, 2.75) is 39.2 Å². The van der Waals surface area contributed by atoms with Crippen LogP contribution in [0.2, 0.25) is 0 Å². The number of nitrogens with one attached hydrogen (secondary N) is 2. The minimum atomic E-state index is -0.568. The molecule has 0 aromatic heterocycles. The third kappa shape index (κ3) is 9.44. The highest BCUT2D eigenvalue weighted by Crippen LogP contribution is 1.97. The fraction of sp³-hybridized carbons (Fsp3) is 0.846. The van der Waals surface area contributed by atoms with Crippen LogP contribution in [-0.4, -0.2) is 44.7 Å². The van der Waals surface area contributed by atoms with Gasteiger partial charge in [-0.25, -0.2) is 0 Å². The Kier molecular flexibility index (Phi) is 10.1. The first kappa shape index (κ1) is 17.9. The van der Waals surface area contributed by atoms with Crippen molar-refractivity contribution >= 4 is 11.8 Å². The minimum absolute atomic E-state index is 0.0165. The van der Waals surface area contributed by atoms with Gasteiger partial charge in [-0.15, -0.1) is 0 Å². The van der Waals surface area contributed by atoms with Gasteiger partial charge in [0.2, 0.25) is 11.8 Å². The summed E-state index contributed by atoms with van der Waals surface area (Å²) < 4.78 is 4.93. The van der Waals surface area contributed by atoms with Crippen LogP contribution in [0.3, 0.4) is 0 Å². The molecule has 0 spiro atoms. The van der Waals surface area contributed by atoms with Crippen molar-refractivity contribution in [2.75, 3.05) is 26.8 Å². The second-order valence-corrected chi connectivity index (χ2v) is 4.89. The quantitative estimate of drug-likeness (QED) is 0.489. The Bertz CT molecular complexity index is 270. The molecule has 112 valence electrons. The summed E-state index contributed by atoms with van der Waals surface area (Å²) in [5, 5.41) is 5.28. The van der Waals surface area contributed by atoms with Crippen LogP contribution in [-0.2, 0) is 14.3 Å². The lowest BCUT2D eigenvalue weighted by Crippen LogP contribution is -2.47. The van der Waals surface area contributed by atoms with Crippen LogP contribution >= 0.6 is 0 Å². The fourth-order valence-corrected chi connectivity index (χ4v) is 1.43. The molecule has 0 bridgehead atoms. The number of rotatable bonds is 10. The second kappa shape index (κ2) is 10.8. The van der Waals surface area contributed by atoms with E-state index < -0.39 is 6.04 Å². The highest BCUT2D eigenvalue weighted by atomic mass is 16.5. The van der Waals surface area contributed by atoms with E-state index in [0.29, 0.717) is 6.54 Å². The Balaban J connectivity index is 3.57. The van der Waals surface area contributed by atoms with Crippen LogP contribution in [0.25, 0.3) is 0 Å². The lowest BCUT2D eigenvalue weighted by molar-refractivity contribution is -0.127. The molecule has 1 atom stereocenters. The van der Waals surface area contributed by atoms with Gasteiger partial charge in [-0.2, -0.15) is 0 Å². The zero-order chi connectivity index (χ0) is 14.7. The van der Waals surface area contributed by atoms with Crippen molar-refractivity contribution in [3.8, 4) is 0 Å². The minimum Gasteiger partial charge on any atom is -0.385 e. The monoisotopic (exact) mass is 273 g/mol. The van der Waals surface area contributed by atoms with Crippen molar-refractivity contribution in [1.29, 1.82) is 0 Å². The molecule has 0 aromatic rings. The van der Waals surface area contributed by atoms with Crippen LogP contribution in [0.4, 0.5) is 0 Å². The third-order valence-corrected chi connectivity index (χ3v) is 2.79. The van der Waals surface area contributed by atoms with Crippen molar-refractivity contribution in [1.82, 2.24) is 10.6 Å². The molecule has 6 nitrogen and oxygen atoms in total. The summed E-state index contributed by atoms with van der Waals surface area (Å²) >= 11 is 0. The predicted molar refractivity (Wildman–Crippen MR) is 74.6 cm³/mol. The molecule has 19 heavy (non-hydrogen) atoms. The zero-order valence-electron chi connectivity index (χ0n) is 12.2. The Labute approximate surface area is 115 Å². The van der Waals surface area contributed by atoms with Crippen molar-refractivity contribution in [3.05, 3.63) is 0 Å². The Morgan fingerprint density at radius 2 is 1.84 bits per heavy atom. The molecule has 0 radical (unpaired) electrons. The van der Waals surface area contributed by atoms with Crippen LogP contribution in [0, 0.1) is 5.92 Å². The Morgan fingerprint density at radius 3 is 2.42 bits per heavy atom. The summed E-state index contributed by atoms with van der Waals surface area (Å²) in [6.07, 6.45) is 2.92. The first-order valence-corrected chi connectivity index (χ1v) is 6.78. The van der Waals surface area contributed by atoms with Crippen molar-refractivity contribution in [3.63, 3.8) is 0 Å². The van der Waals surface area contributed by atoms with Crippen LogP contribution in [0.5, 0.6) is 0 Å². The average molecular weight is 273 g/mol. The zero-order valence-corrected chi connectivity index (χ0v) is 12.2. The van der Waals surface area contributed by atoms with Gasteiger partial charge in [0, 0.05) is 20.3 Å². The summed E-state index contributed by atoms with van der Waals surface area (Å²) in [5.41, 5.74) is 5.66. The van der Waals surface area contributed by atoms with E-state index >= 15 is 0 Å². The van der Waals surface area contributed by atoms with E-state index in [1.807, 2.05) is 13.8 Å². The van der Waals surface area contributed by atoms with E-state index in [1.165, 1.54) is 0 Å². The van der Waals surface area contributed by atoms with Crippen molar-refractivity contribution < 1.29 is 14.3 Å². The van der Waals surface area contributed by atoms with Gasteiger partial charge in [0.15, 0.2) is 0 Å². The lowest BCUT2D eigenvalue weighted by Gasteiger charge is -2.15. The molecule has 0 aliphatic rings. The number of amides is 2. The lowest BCUT2D eigenvalue weighted by atomic mass is 10.1. The van der Waals surface area contributed by atoms with Gasteiger partial charge < -0.3 is 21.1 Å². The number of carbonyl (C=O) groups excluding carboxylic acids is 2. The number of hydrogen-bond donors (Lipinski definition) is 3. The maximum absolute atomic E-state index is 11.5. The Morgan fingerprint density at radius 1 is 1.16 bits per heavy atom. The molecule has 0 aromatic carbocycles. The van der Waals surface area contributed by atoms with Crippen LogP contribution in [0.15, 0.2) is 0 Å². The van der Waals surface area contributed by atoms with E-state index in [4.69, 9.17) is 10.5 Å². The van der Waals surface area contributed by atoms with Gasteiger partial charge in [-0.3, -0.25) is 9.59 Å². The van der Waals surface area contributed by atoms with E-state index in [0.717, 1.165) is 25.9 Å². The van der Waals surface area contributed by atoms with Gasteiger partial charge >= 0.3 is 0 Å². The number of carbonyl (C=O) groups is 2. The summed E-state index contributed by atoms with van der Waals surface area (Å²) in [6.45, 7) is 5.08. The van der Waals surface area contributed by atoms with Gasteiger partial charge in [-0.05, 0) is 25.2 Å². The maximum Gasteiger partial charge on any atom is 0.239 e. The molecule has 6 heteroatoms. The maximum atomic E-state index is 11.5. The molecule has 0 aliphatic heterocycles. The molecule has 0 fully saturated rings. The molecule has 2 amide bonds. The normalized spacial score (nSPS) is 12.3.